The Morgan fingerprint density at radius 3 is 2.43 bits per heavy atom. The summed E-state index contributed by atoms with van der Waals surface area (Å²) < 4.78 is 5.46. The molecule has 0 aromatic carbocycles. The van der Waals surface area contributed by atoms with Crippen molar-refractivity contribution >= 4 is 53.9 Å². The lowest BCUT2D eigenvalue weighted by atomic mass is 9.97. The van der Waals surface area contributed by atoms with Gasteiger partial charge >= 0.3 is 11.9 Å². The van der Waals surface area contributed by atoms with Crippen LogP contribution in [-0.4, -0.2) is 106 Å². The number of nitrogens with one attached hydrogen (secondary N) is 3. The number of fused-ring (bicyclic) bond motifs is 1. The van der Waals surface area contributed by atoms with Gasteiger partial charge in [-0.3, -0.25) is 28.8 Å². The number of ether oxygens (including phenoxy) is 1. The van der Waals surface area contributed by atoms with Gasteiger partial charge in [-0.05, 0) is 51.4 Å². The predicted octanol–water partition coefficient (Wildman–Crippen LogP) is 0.688. The van der Waals surface area contributed by atoms with Gasteiger partial charge in [-0.2, -0.15) is 10.2 Å². The summed E-state index contributed by atoms with van der Waals surface area (Å²) in [5, 5.41) is 27.5. The molecule has 1 fully saturated rings. The molecule has 1 saturated heterocycles. The molecule has 3 aliphatic heterocycles. The molecule has 0 aliphatic carbocycles. The number of hydrazone groups is 2. The second-order valence-electron chi connectivity index (χ2n) is 12.6. The number of cyclic esters (lactones) is 1. The van der Waals surface area contributed by atoms with Crippen LogP contribution in [0.5, 0.6) is 0 Å². The van der Waals surface area contributed by atoms with Crippen LogP contribution in [0.3, 0.4) is 0 Å². The molecule has 0 aromatic heterocycles. The maximum atomic E-state index is 13.6. The van der Waals surface area contributed by atoms with Gasteiger partial charge in [0.05, 0.1) is 5.92 Å². The minimum absolute atomic E-state index is 0.0500. The summed E-state index contributed by atoms with van der Waals surface area (Å²) in [6.07, 6.45) is 6.49. The van der Waals surface area contributed by atoms with Crippen LogP contribution in [0, 0.1) is 11.8 Å². The summed E-state index contributed by atoms with van der Waals surface area (Å²) >= 11 is 0. The Labute approximate surface area is 274 Å². The third-order valence-electron chi connectivity index (χ3n) is 8.22. The fourth-order valence-corrected chi connectivity index (χ4v) is 5.59. The average Bonchev–Trinajstić information content (AvgIpc) is 3.04. The molecule has 3 heterocycles. The Morgan fingerprint density at radius 2 is 1.74 bits per heavy atom. The van der Waals surface area contributed by atoms with E-state index in [-0.39, 0.29) is 31.6 Å². The van der Waals surface area contributed by atoms with E-state index in [0.717, 1.165) is 22.9 Å². The highest BCUT2D eigenvalue weighted by Gasteiger charge is 2.40. The molecular weight excluding hydrogens is 614 g/mol. The lowest BCUT2D eigenvalue weighted by Gasteiger charge is -2.31. The number of amides is 5. The molecule has 2 unspecified atom stereocenters. The van der Waals surface area contributed by atoms with Crippen LogP contribution in [0.15, 0.2) is 10.2 Å². The molecule has 16 heteroatoms. The van der Waals surface area contributed by atoms with Crippen molar-refractivity contribution in [2.75, 3.05) is 6.61 Å². The average molecular weight is 662 g/mol. The van der Waals surface area contributed by atoms with E-state index in [0.29, 0.717) is 25.7 Å². The van der Waals surface area contributed by atoms with E-state index < -0.39 is 84.2 Å². The maximum absolute atomic E-state index is 13.6. The van der Waals surface area contributed by atoms with E-state index in [4.69, 9.17) is 4.74 Å². The largest absolute Gasteiger partial charge is 0.481 e. The zero-order valence-corrected chi connectivity index (χ0v) is 27.5. The quantitative estimate of drug-likeness (QED) is 0.181. The van der Waals surface area contributed by atoms with Crippen LogP contribution in [-0.2, 0) is 38.3 Å². The fraction of sp³-hybridized carbons (Fsp3) is 0.710. The second-order valence-corrected chi connectivity index (χ2v) is 12.6. The molecule has 47 heavy (non-hydrogen) atoms. The van der Waals surface area contributed by atoms with Gasteiger partial charge in [-0.25, -0.2) is 14.8 Å². The van der Waals surface area contributed by atoms with Crippen molar-refractivity contribution in [2.24, 2.45) is 22.0 Å². The van der Waals surface area contributed by atoms with E-state index in [1.807, 2.05) is 20.8 Å². The van der Waals surface area contributed by atoms with E-state index in [2.05, 4.69) is 26.2 Å². The van der Waals surface area contributed by atoms with Gasteiger partial charge in [-0.15, -0.1) is 0 Å². The van der Waals surface area contributed by atoms with E-state index in [9.17, 15) is 38.7 Å². The smallest absolute Gasteiger partial charge is 0.331 e. The normalized spacial score (nSPS) is 26.2. The molecule has 3 aliphatic rings. The van der Waals surface area contributed by atoms with Crippen LogP contribution < -0.4 is 16.0 Å². The third kappa shape index (κ3) is 10.3. The van der Waals surface area contributed by atoms with E-state index in [1.54, 1.807) is 0 Å². The van der Waals surface area contributed by atoms with Crippen molar-refractivity contribution in [1.82, 2.24) is 26.0 Å². The summed E-state index contributed by atoms with van der Waals surface area (Å²) in [5.41, 5.74) is 0. The molecule has 0 bridgehead atoms. The second kappa shape index (κ2) is 17.5. The number of hydrogen-bond donors (Lipinski definition) is 4. The van der Waals surface area contributed by atoms with Crippen LogP contribution in [0.1, 0.15) is 91.9 Å². The number of carboxylic acids is 1. The molecule has 16 nitrogen and oxygen atoms in total. The Kier molecular flexibility index (Phi) is 13.8. The summed E-state index contributed by atoms with van der Waals surface area (Å²) in [6, 6.07) is -5.92. The molecule has 6 atom stereocenters. The highest BCUT2D eigenvalue weighted by atomic mass is 16.5. The number of esters is 1. The van der Waals surface area contributed by atoms with Gasteiger partial charge < -0.3 is 25.8 Å². The van der Waals surface area contributed by atoms with Crippen molar-refractivity contribution in [3.05, 3.63) is 0 Å². The van der Waals surface area contributed by atoms with Crippen molar-refractivity contribution in [2.45, 2.75) is 122 Å². The first kappa shape index (κ1) is 37.1. The third-order valence-corrected chi connectivity index (χ3v) is 8.22. The molecule has 3 rings (SSSR count). The van der Waals surface area contributed by atoms with Gasteiger partial charge in [0.2, 0.25) is 23.6 Å². The van der Waals surface area contributed by atoms with Gasteiger partial charge in [0, 0.05) is 18.9 Å². The number of hydrogen-bond acceptors (Lipinski definition) is 10. The molecule has 0 spiro atoms. The number of unbranched alkanes of at least 4 members (excludes halogenated alkanes) is 2. The Bertz CT molecular complexity index is 1250. The number of carboxylic acid groups (broad SMARTS) is 1. The van der Waals surface area contributed by atoms with Gasteiger partial charge in [0.1, 0.15) is 30.8 Å². The molecule has 260 valence electrons. The number of carbonyl (C=O) groups is 7. The Morgan fingerprint density at radius 1 is 1.04 bits per heavy atom. The van der Waals surface area contributed by atoms with Crippen molar-refractivity contribution in [3.63, 3.8) is 0 Å². The van der Waals surface area contributed by atoms with Crippen LogP contribution in [0.25, 0.3) is 0 Å². The van der Waals surface area contributed by atoms with Crippen molar-refractivity contribution in [1.29, 1.82) is 0 Å². The number of carbonyl (C=O) groups excluding carboxylic acids is 6. The van der Waals surface area contributed by atoms with Crippen LogP contribution in [0.4, 0.5) is 0 Å². The van der Waals surface area contributed by atoms with Gasteiger partial charge in [0.25, 0.3) is 5.91 Å². The topological polar surface area (TPSA) is 216 Å². The minimum Gasteiger partial charge on any atom is -0.481 e. The van der Waals surface area contributed by atoms with Gasteiger partial charge in [0.15, 0.2) is 6.04 Å². The zero-order valence-electron chi connectivity index (χ0n) is 27.5. The molecule has 4 N–H and O–H groups in total. The van der Waals surface area contributed by atoms with Crippen LogP contribution in [0.2, 0.25) is 0 Å². The first-order valence-corrected chi connectivity index (χ1v) is 16.3. The minimum atomic E-state index is -1.48. The number of nitrogens with zero attached hydrogens (tertiary/aromatic N) is 4. The lowest BCUT2D eigenvalue weighted by molar-refractivity contribution is -0.158. The Balaban J connectivity index is 1.85. The van der Waals surface area contributed by atoms with Gasteiger partial charge in [-0.1, -0.05) is 40.0 Å². The molecule has 0 saturated carbocycles. The molecule has 0 radical (unpaired) electrons. The number of rotatable bonds is 11. The zero-order chi connectivity index (χ0) is 34.7. The molecule has 0 aromatic rings. The number of aliphatic carboxylic acids is 1. The summed E-state index contributed by atoms with van der Waals surface area (Å²) in [6.45, 7) is 6.49. The molecule has 5 amide bonds. The van der Waals surface area contributed by atoms with Crippen molar-refractivity contribution in [3.8, 4) is 0 Å². The fourth-order valence-electron chi connectivity index (χ4n) is 5.59. The maximum Gasteiger partial charge on any atom is 0.331 e. The lowest BCUT2D eigenvalue weighted by Crippen LogP contribution is -2.59. The van der Waals surface area contributed by atoms with Crippen LogP contribution >= 0.6 is 0 Å². The van der Waals surface area contributed by atoms with E-state index >= 15 is 0 Å². The van der Waals surface area contributed by atoms with Crippen molar-refractivity contribution < 1.29 is 43.4 Å². The molecular formula is C31H47N7O9. The summed E-state index contributed by atoms with van der Waals surface area (Å²) in [7, 11) is 0. The Hall–Kier alpha value is -4.37. The predicted molar refractivity (Wildman–Crippen MR) is 168 cm³/mol. The summed E-state index contributed by atoms with van der Waals surface area (Å²) in [5.74, 6) is -6.46. The monoisotopic (exact) mass is 661 g/mol. The first-order valence-electron chi connectivity index (χ1n) is 16.3. The summed E-state index contributed by atoms with van der Waals surface area (Å²) in [4.78, 5) is 91.9. The highest BCUT2D eigenvalue weighted by molar-refractivity contribution is 5.97. The highest BCUT2D eigenvalue weighted by Crippen LogP contribution is 2.21. The SMILES string of the molecule is CCCCCC(CC(=O)N1N=CCCC1C(=O)N[C@H]1COC(=O)[C@H]2CCC=NN2C(=O)[C@H](C)NC(=O)[C@@H](CC(C)C)NC1=O)C(=O)O. The first-order chi connectivity index (χ1) is 22.3. The standard InChI is InChI=1S/C31H47N7O9/c1-5-6-7-10-20(30(44)45)16-25(39)37-23(11-8-13-32-37)28(42)36-22-17-47-31(46)24-12-9-14-33-38(24)29(43)19(4)34-26(40)21(15-18(2)3)35-27(22)41/h13-14,18-24H,5-12,15-17H2,1-4H3,(H,34,40)(H,35,41)(H,36,42)(H,44,45)/t19-,20?,21+,22-,23?,24+/m0/s1. The van der Waals surface area contributed by atoms with E-state index in [1.165, 1.54) is 19.4 Å².